The Morgan fingerprint density at radius 3 is 2.48 bits per heavy atom. The highest BCUT2D eigenvalue weighted by molar-refractivity contribution is 7.93. The number of hydrogen-bond donors (Lipinski definition) is 0. The van der Waals surface area contributed by atoms with Gasteiger partial charge in [0.25, 0.3) is 0 Å². The highest BCUT2D eigenvalue weighted by atomic mass is 32.2. The van der Waals surface area contributed by atoms with Crippen molar-refractivity contribution in [3.63, 3.8) is 0 Å². The summed E-state index contributed by atoms with van der Waals surface area (Å²) in [5, 5.41) is 0. The molecule has 2 aromatic carbocycles. The van der Waals surface area contributed by atoms with Crippen LogP contribution in [0.2, 0.25) is 0 Å². The Hall–Kier alpha value is -1.65. The van der Waals surface area contributed by atoms with E-state index in [-0.39, 0.29) is 0 Å². The molecule has 2 aromatic rings. The third kappa shape index (κ3) is 5.33. The second kappa shape index (κ2) is 8.60. The first kappa shape index (κ1) is 15.7. The van der Waals surface area contributed by atoms with Crippen molar-refractivity contribution >= 4 is 12.0 Å². The van der Waals surface area contributed by atoms with Gasteiger partial charge in [-0.15, -0.1) is 0 Å². The van der Waals surface area contributed by atoms with E-state index in [0.717, 1.165) is 23.5 Å². The lowest BCUT2D eigenvalue weighted by atomic mass is 10.1. The standard InChI is InChI=1S/C17H20O3S/c1-18-16-8-6-15(7-9-16)13-19-17-5-3-4-14(12-17)10-11-20-21-2/h3-9,12H,10-11,13H2,1-2H3. The first-order chi connectivity index (χ1) is 10.3. The Morgan fingerprint density at radius 1 is 0.952 bits per heavy atom. The Morgan fingerprint density at radius 2 is 1.76 bits per heavy atom. The van der Waals surface area contributed by atoms with Crippen LogP contribution in [0, 0.1) is 0 Å². The minimum atomic E-state index is 0.550. The molecule has 112 valence electrons. The zero-order chi connectivity index (χ0) is 14.9. The van der Waals surface area contributed by atoms with Crippen molar-refractivity contribution < 1.29 is 13.7 Å². The van der Waals surface area contributed by atoms with E-state index in [9.17, 15) is 0 Å². The molecule has 0 heterocycles. The Bertz CT molecular complexity index is 540. The molecule has 2 rings (SSSR count). The monoisotopic (exact) mass is 304 g/mol. The lowest BCUT2D eigenvalue weighted by Crippen LogP contribution is -1.97. The minimum Gasteiger partial charge on any atom is -0.497 e. The van der Waals surface area contributed by atoms with E-state index in [1.54, 1.807) is 7.11 Å². The number of ether oxygens (including phenoxy) is 2. The smallest absolute Gasteiger partial charge is 0.120 e. The van der Waals surface area contributed by atoms with Crippen molar-refractivity contribution in [3.8, 4) is 11.5 Å². The first-order valence-corrected chi connectivity index (χ1v) is 7.97. The van der Waals surface area contributed by atoms with Gasteiger partial charge >= 0.3 is 0 Å². The molecule has 0 fully saturated rings. The summed E-state index contributed by atoms with van der Waals surface area (Å²) >= 11 is 1.39. The summed E-state index contributed by atoms with van der Waals surface area (Å²) in [5.41, 5.74) is 2.34. The molecule has 0 unspecified atom stereocenters. The molecule has 0 amide bonds. The molecule has 3 nitrogen and oxygen atoms in total. The Balaban J connectivity index is 1.88. The van der Waals surface area contributed by atoms with E-state index in [2.05, 4.69) is 12.1 Å². The van der Waals surface area contributed by atoms with Gasteiger partial charge in [-0.25, -0.2) is 0 Å². The lowest BCUT2D eigenvalue weighted by Gasteiger charge is -2.09. The molecule has 0 aliphatic carbocycles. The van der Waals surface area contributed by atoms with E-state index in [0.29, 0.717) is 13.2 Å². The Kier molecular flexibility index (Phi) is 6.44. The van der Waals surface area contributed by atoms with Crippen LogP contribution in [-0.4, -0.2) is 20.0 Å². The molecule has 0 radical (unpaired) electrons. The average Bonchev–Trinajstić information content (AvgIpc) is 2.54. The molecule has 0 N–H and O–H groups in total. The van der Waals surface area contributed by atoms with Gasteiger partial charge in [-0.1, -0.05) is 24.3 Å². The van der Waals surface area contributed by atoms with Crippen LogP contribution in [0.5, 0.6) is 11.5 Å². The Labute approximate surface area is 130 Å². The van der Waals surface area contributed by atoms with Gasteiger partial charge in [-0.2, -0.15) is 0 Å². The normalized spacial score (nSPS) is 10.4. The maximum atomic E-state index is 5.83. The summed E-state index contributed by atoms with van der Waals surface area (Å²) in [5.74, 6) is 1.74. The number of rotatable bonds is 8. The van der Waals surface area contributed by atoms with Crippen molar-refractivity contribution in [2.75, 3.05) is 20.0 Å². The van der Waals surface area contributed by atoms with Gasteiger partial charge in [0.15, 0.2) is 0 Å². The number of hydrogen-bond acceptors (Lipinski definition) is 4. The van der Waals surface area contributed by atoms with Crippen molar-refractivity contribution in [2.24, 2.45) is 0 Å². The maximum absolute atomic E-state index is 5.83. The predicted octanol–water partition coefficient (Wildman–Crippen LogP) is 4.11. The fourth-order valence-corrected chi connectivity index (χ4v) is 2.17. The summed E-state index contributed by atoms with van der Waals surface area (Å²) in [6, 6.07) is 16.0. The van der Waals surface area contributed by atoms with Crippen LogP contribution < -0.4 is 9.47 Å². The zero-order valence-corrected chi connectivity index (χ0v) is 13.2. The molecule has 0 aliphatic heterocycles. The predicted molar refractivity (Wildman–Crippen MR) is 86.9 cm³/mol. The molecule has 4 heteroatoms. The SMILES string of the molecule is COc1ccc(COc2cccc(CCOSC)c2)cc1. The van der Waals surface area contributed by atoms with Crippen molar-refractivity contribution in [1.82, 2.24) is 0 Å². The summed E-state index contributed by atoms with van der Waals surface area (Å²) < 4.78 is 16.3. The maximum Gasteiger partial charge on any atom is 0.120 e. The quantitative estimate of drug-likeness (QED) is 0.542. The molecular formula is C17H20O3S. The van der Waals surface area contributed by atoms with Crippen LogP contribution in [0.4, 0.5) is 0 Å². The van der Waals surface area contributed by atoms with E-state index >= 15 is 0 Å². The largest absolute Gasteiger partial charge is 0.497 e. The van der Waals surface area contributed by atoms with Crippen LogP contribution in [0.1, 0.15) is 11.1 Å². The number of methoxy groups -OCH3 is 1. The minimum absolute atomic E-state index is 0.550. The summed E-state index contributed by atoms with van der Waals surface area (Å²) in [6.45, 7) is 1.26. The van der Waals surface area contributed by atoms with Gasteiger partial charge in [-0.05, 0) is 53.9 Å². The summed E-state index contributed by atoms with van der Waals surface area (Å²) in [4.78, 5) is 0. The third-order valence-electron chi connectivity index (χ3n) is 3.05. The van der Waals surface area contributed by atoms with E-state index in [1.165, 1.54) is 17.6 Å². The molecule has 21 heavy (non-hydrogen) atoms. The van der Waals surface area contributed by atoms with Gasteiger partial charge in [-0.3, -0.25) is 0 Å². The molecule has 0 saturated heterocycles. The molecule has 0 saturated carbocycles. The fraction of sp³-hybridized carbons (Fsp3) is 0.294. The van der Waals surface area contributed by atoms with Gasteiger partial charge in [0.2, 0.25) is 0 Å². The summed E-state index contributed by atoms with van der Waals surface area (Å²) in [7, 11) is 1.66. The molecule has 0 atom stereocenters. The van der Waals surface area contributed by atoms with E-state index in [4.69, 9.17) is 13.7 Å². The van der Waals surface area contributed by atoms with Gasteiger partial charge in [0.05, 0.1) is 13.7 Å². The van der Waals surface area contributed by atoms with Crippen molar-refractivity contribution in [3.05, 3.63) is 59.7 Å². The molecule has 0 aromatic heterocycles. The zero-order valence-electron chi connectivity index (χ0n) is 12.4. The lowest BCUT2D eigenvalue weighted by molar-refractivity contribution is 0.305. The van der Waals surface area contributed by atoms with Crippen LogP contribution >= 0.6 is 12.0 Å². The van der Waals surface area contributed by atoms with Gasteiger partial charge in [0, 0.05) is 6.26 Å². The van der Waals surface area contributed by atoms with Gasteiger partial charge in [0.1, 0.15) is 18.1 Å². The molecule has 0 bridgehead atoms. The molecular weight excluding hydrogens is 284 g/mol. The van der Waals surface area contributed by atoms with E-state index in [1.807, 2.05) is 42.7 Å². The van der Waals surface area contributed by atoms with Crippen LogP contribution in [0.25, 0.3) is 0 Å². The van der Waals surface area contributed by atoms with Crippen LogP contribution in [0.3, 0.4) is 0 Å². The highest BCUT2D eigenvalue weighted by Crippen LogP contribution is 2.17. The average molecular weight is 304 g/mol. The number of benzene rings is 2. The second-order valence-corrected chi connectivity index (χ2v) is 5.09. The highest BCUT2D eigenvalue weighted by Gasteiger charge is 2.00. The first-order valence-electron chi connectivity index (χ1n) is 6.82. The molecule has 0 aliphatic rings. The van der Waals surface area contributed by atoms with Crippen molar-refractivity contribution in [1.29, 1.82) is 0 Å². The van der Waals surface area contributed by atoms with E-state index < -0.39 is 0 Å². The fourth-order valence-electron chi connectivity index (χ4n) is 1.92. The topological polar surface area (TPSA) is 27.7 Å². The second-order valence-electron chi connectivity index (χ2n) is 4.52. The van der Waals surface area contributed by atoms with Crippen LogP contribution in [-0.2, 0) is 17.2 Å². The van der Waals surface area contributed by atoms with Crippen LogP contribution in [0.15, 0.2) is 48.5 Å². The summed E-state index contributed by atoms with van der Waals surface area (Å²) in [6.07, 6.45) is 2.81. The third-order valence-corrected chi connectivity index (χ3v) is 3.46. The molecule has 0 spiro atoms. The van der Waals surface area contributed by atoms with Gasteiger partial charge < -0.3 is 13.7 Å². The van der Waals surface area contributed by atoms with Crippen molar-refractivity contribution in [2.45, 2.75) is 13.0 Å².